The summed E-state index contributed by atoms with van der Waals surface area (Å²) in [6, 6.07) is 0. The molecule has 13 heavy (non-hydrogen) atoms. The molecule has 0 bridgehead atoms. The largest absolute Gasteiger partial charge is 0.197 e. The van der Waals surface area contributed by atoms with Crippen LogP contribution in [0.5, 0.6) is 0 Å². The van der Waals surface area contributed by atoms with E-state index in [1.54, 1.807) is 11.5 Å². The maximum absolute atomic E-state index is 4.39. The van der Waals surface area contributed by atoms with E-state index in [-0.39, 0.29) is 5.41 Å². The smallest absolute Gasteiger partial charge is 0.0586 e. The minimum absolute atomic E-state index is 0.130. The molecule has 0 unspecified atom stereocenters. The summed E-state index contributed by atoms with van der Waals surface area (Å²) in [5, 5.41) is 0. The average Bonchev–Trinajstić information content (AvgIpc) is 2.34. The Hall–Kier alpha value is -0.890. The van der Waals surface area contributed by atoms with Gasteiger partial charge in [-0.15, -0.1) is 0 Å². The van der Waals surface area contributed by atoms with Crippen LogP contribution in [0.3, 0.4) is 0 Å². The number of rotatable bonds is 0. The van der Waals surface area contributed by atoms with Gasteiger partial charge in [-0.2, -0.15) is 4.37 Å². The van der Waals surface area contributed by atoms with Crippen LogP contribution in [0, 0.1) is 6.92 Å². The van der Waals surface area contributed by atoms with E-state index in [0.717, 1.165) is 5.69 Å². The second-order valence-electron chi connectivity index (χ2n) is 3.95. The van der Waals surface area contributed by atoms with Gasteiger partial charge in [-0.3, -0.25) is 0 Å². The molecule has 1 aromatic rings. The number of hydrogen-bond acceptors (Lipinski definition) is 2. The fraction of sp³-hybridized carbons (Fsp3) is 0.364. The first-order valence-corrected chi connectivity index (χ1v) is 5.21. The van der Waals surface area contributed by atoms with E-state index in [1.165, 1.54) is 10.4 Å². The van der Waals surface area contributed by atoms with Gasteiger partial charge >= 0.3 is 0 Å². The van der Waals surface area contributed by atoms with Gasteiger partial charge in [0.15, 0.2) is 0 Å². The van der Waals surface area contributed by atoms with E-state index >= 15 is 0 Å². The predicted octanol–water partition coefficient (Wildman–Crippen LogP) is 3.31. The van der Waals surface area contributed by atoms with Gasteiger partial charge < -0.3 is 0 Å². The molecule has 1 aliphatic rings. The average molecular weight is 191 g/mol. The van der Waals surface area contributed by atoms with Crippen LogP contribution in [0.2, 0.25) is 0 Å². The van der Waals surface area contributed by atoms with Gasteiger partial charge in [-0.25, -0.2) is 0 Å². The van der Waals surface area contributed by atoms with Crippen molar-refractivity contribution in [2.24, 2.45) is 0 Å². The summed E-state index contributed by atoms with van der Waals surface area (Å²) in [5.74, 6) is 0. The highest BCUT2D eigenvalue weighted by Gasteiger charge is 2.24. The third-order valence-electron chi connectivity index (χ3n) is 2.38. The molecule has 0 fully saturated rings. The maximum atomic E-state index is 4.39. The van der Waals surface area contributed by atoms with Gasteiger partial charge in [0, 0.05) is 15.9 Å². The number of hydrogen-bond donors (Lipinski definition) is 0. The van der Waals surface area contributed by atoms with Crippen LogP contribution in [-0.2, 0) is 5.41 Å². The number of nitrogens with zero attached hydrogens (tertiary/aromatic N) is 1. The van der Waals surface area contributed by atoms with E-state index in [2.05, 4.69) is 49.4 Å². The molecule has 0 saturated heterocycles. The lowest BCUT2D eigenvalue weighted by atomic mass is 9.89. The Morgan fingerprint density at radius 3 is 2.85 bits per heavy atom. The van der Waals surface area contributed by atoms with Crippen molar-refractivity contribution in [3.63, 3.8) is 0 Å². The topological polar surface area (TPSA) is 12.9 Å². The molecule has 2 rings (SSSR count). The normalized spacial score (nSPS) is 18.4. The molecule has 0 aromatic carbocycles. The number of aryl methyl sites for hydroxylation is 1. The first-order valence-electron chi connectivity index (χ1n) is 4.44. The first-order chi connectivity index (χ1) is 6.11. The lowest BCUT2D eigenvalue weighted by Crippen LogP contribution is -2.11. The predicted molar refractivity (Wildman–Crippen MR) is 58.1 cm³/mol. The second kappa shape index (κ2) is 2.81. The number of allylic oxidation sites excluding steroid dienone is 3. The second-order valence-corrected chi connectivity index (χ2v) is 4.72. The van der Waals surface area contributed by atoms with Crippen LogP contribution < -0.4 is 0 Å². The summed E-state index contributed by atoms with van der Waals surface area (Å²) >= 11 is 1.62. The molecule has 0 aliphatic heterocycles. The van der Waals surface area contributed by atoms with E-state index in [9.17, 15) is 0 Å². The van der Waals surface area contributed by atoms with Gasteiger partial charge in [0.05, 0.1) is 5.69 Å². The van der Waals surface area contributed by atoms with Crippen molar-refractivity contribution in [2.45, 2.75) is 26.2 Å². The third kappa shape index (κ3) is 1.35. The van der Waals surface area contributed by atoms with Crippen LogP contribution in [-0.4, -0.2) is 4.37 Å². The molecule has 0 amide bonds. The van der Waals surface area contributed by atoms with Crippen molar-refractivity contribution in [3.8, 4) is 0 Å². The minimum Gasteiger partial charge on any atom is -0.197 e. The summed E-state index contributed by atoms with van der Waals surface area (Å²) in [5.41, 5.74) is 2.58. The SMILES string of the molecule is Cc1nsc2c1C=CC=CC2(C)C. The zero-order valence-corrected chi connectivity index (χ0v) is 8.98. The number of fused-ring (bicyclic) bond motifs is 1. The fourth-order valence-electron chi connectivity index (χ4n) is 1.56. The summed E-state index contributed by atoms with van der Waals surface area (Å²) in [7, 11) is 0. The van der Waals surface area contributed by atoms with Crippen LogP contribution in [0.25, 0.3) is 6.08 Å². The van der Waals surface area contributed by atoms with Crippen LogP contribution in [0.4, 0.5) is 0 Å². The van der Waals surface area contributed by atoms with Crippen LogP contribution in [0.1, 0.15) is 30.0 Å². The zero-order chi connectivity index (χ0) is 9.47. The van der Waals surface area contributed by atoms with Crippen molar-refractivity contribution < 1.29 is 0 Å². The Kier molecular flexibility index (Phi) is 1.88. The van der Waals surface area contributed by atoms with Gasteiger partial charge in [0.2, 0.25) is 0 Å². The molecule has 1 aromatic heterocycles. The summed E-state index contributed by atoms with van der Waals surface area (Å²) < 4.78 is 4.39. The van der Waals surface area contributed by atoms with E-state index < -0.39 is 0 Å². The molecule has 1 nitrogen and oxygen atoms in total. The minimum atomic E-state index is 0.130. The van der Waals surface area contributed by atoms with Gasteiger partial charge in [0.1, 0.15) is 0 Å². The fourth-order valence-corrected chi connectivity index (χ4v) is 2.51. The molecule has 0 radical (unpaired) electrons. The van der Waals surface area contributed by atoms with Crippen molar-refractivity contribution in [2.75, 3.05) is 0 Å². The molecular weight excluding hydrogens is 178 g/mol. The van der Waals surface area contributed by atoms with Gasteiger partial charge in [0.25, 0.3) is 0 Å². The highest BCUT2D eigenvalue weighted by atomic mass is 32.1. The Morgan fingerprint density at radius 1 is 1.31 bits per heavy atom. The lowest BCUT2D eigenvalue weighted by molar-refractivity contribution is 0.685. The van der Waals surface area contributed by atoms with E-state index in [1.807, 2.05) is 0 Å². The monoisotopic (exact) mass is 191 g/mol. The molecule has 1 aliphatic carbocycles. The van der Waals surface area contributed by atoms with Crippen LogP contribution >= 0.6 is 11.5 Å². The summed E-state index contributed by atoms with van der Waals surface area (Å²) in [6.45, 7) is 6.53. The zero-order valence-electron chi connectivity index (χ0n) is 8.16. The third-order valence-corrected chi connectivity index (χ3v) is 3.67. The van der Waals surface area contributed by atoms with Crippen molar-refractivity contribution in [1.29, 1.82) is 0 Å². The summed E-state index contributed by atoms with van der Waals surface area (Å²) in [4.78, 5) is 1.37. The molecular formula is C11H13NS. The molecule has 0 atom stereocenters. The Bertz CT molecular complexity index is 383. The van der Waals surface area contributed by atoms with Gasteiger partial charge in [-0.05, 0) is 18.5 Å². The lowest BCUT2D eigenvalue weighted by Gasteiger charge is -2.17. The van der Waals surface area contributed by atoms with Gasteiger partial charge in [-0.1, -0.05) is 38.2 Å². The molecule has 0 spiro atoms. The molecule has 0 N–H and O–H groups in total. The highest BCUT2D eigenvalue weighted by Crippen LogP contribution is 2.35. The van der Waals surface area contributed by atoms with Crippen molar-refractivity contribution in [1.82, 2.24) is 4.37 Å². The Labute approximate surface area is 83.0 Å². The Balaban J connectivity index is 2.65. The van der Waals surface area contributed by atoms with Crippen molar-refractivity contribution in [3.05, 3.63) is 34.4 Å². The highest BCUT2D eigenvalue weighted by molar-refractivity contribution is 7.06. The molecule has 68 valence electrons. The molecule has 0 saturated carbocycles. The van der Waals surface area contributed by atoms with E-state index in [4.69, 9.17) is 0 Å². The standard InChI is InChI=1S/C11H13NS/c1-8-9-6-4-5-7-11(2,3)10(9)13-12-8/h4-7H,1-3H3. The van der Waals surface area contributed by atoms with Crippen LogP contribution in [0.15, 0.2) is 18.2 Å². The molecule has 2 heteroatoms. The summed E-state index contributed by atoms with van der Waals surface area (Å²) in [6.07, 6.45) is 8.59. The van der Waals surface area contributed by atoms with Crippen molar-refractivity contribution >= 4 is 17.6 Å². The quantitative estimate of drug-likeness (QED) is 0.613. The first kappa shape index (κ1) is 8.70. The number of aromatic nitrogens is 1. The Morgan fingerprint density at radius 2 is 2.08 bits per heavy atom. The maximum Gasteiger partial charge on any atom is 0.0586 e. The van der Waals surface area contributed by atoms with E-state index in [0.29, 0.717) is 0 Å². The molecule has 1 heterocycles.